The molecule has 0 aliphatic carbocycles. The summed E-state index contributed by atoms with van der Waals surface area (Å²) in [5.41, 5.74) is 6.70. The molecule has 0 radical (unpaired) electrons. The smallest absolute Gasteiger partial charge is 0.323 e. The first-order valence-electron chi connectivity index (χ1n) is 13.7. The molecule has 2 N–H and O–H groups in total. The molecule has 0 fully saturated rings. The lowest BCUT2D eigenvalue weighted by Gasteiger charge is -2.23. The Bertz CT molecular complexity index is 916. The Morgan fingerprint density at radius 2 is 1.34 bits per heavy atom. The largest absolute Gasteiger partial charge is 0.459 e. The summed E-state index contributed by atoms with van der Waals surface area (Å²) in [5, 5.41) is 0. The van der Waals surface area contributed by atoms with E-state index in [2.05, 4.69) is 0 Å². The van der Waals surface area contributed by atoms with E-state index in [-0.39, 0.29) is 42.6 Å². The van der Waals surface area contributed by atoms with Crippen molar-refractivity contribution < 1.29 is 38.1 Å². The standard InChI is InChI=1S/C29H45NO8/c1-7-10-12-26(31)37-24-15-14-22(18-25(24)38-27(32)13-11-8-2)17-23(30)29(34)36-21(6)20(5)35-28(33)16-19(4)9-3/h14-15,18-21,23H,7-13,16-17,30H2,1-6H3/t19?,20-,21-,23-/m0/s1. The van der Waals surface area contributed by atoms with Crippen LogP contribution in [0.1, 0.15) is 98.5 Å². The molecule has 4 atom stereocenters. The van der Waals surface area contributed by atoms with Gasteiger partial charge in [-0.2, -0.15) is 0 Å². The summed E-state index contributed by atoms with van der Waals surface area (Å²) in [7, 11) is 0. The first-order chi connectivity index (χ1) is 18.0. The number of hydrogen-bond donors (Lipinski definition) is 1. The van der Waals surface area contributed by atoms with Crippen LogP contribution in [0.25, 0.3) is 0 Å². The van der Waals surface area contributed by atoms with Gasteiger partial charge in [0, 0.05) is 19.3 Å². The Hall–Kier alpha value is -2.94. The molecule has 0 heterocycles. The average Bonchev–Trinajstić information content (AvgIpc) is 2.87. The Morgan fingerprint density at radius 3 is 1.89 bits per heavy atom. The number of benzene rings is 1. The summed E-state index contributed by atoms with van der Waals surface area (Å²) < 4.78 is 21.7. The van der Waals surface area contributed by atoms with E-state index in [4.69, 9.17) is 24.7 Å². The van der Waals surface area contributed by atoms with E-state index in [1.807, 2.05) is 27.7 Å². The van der Waals surface area contributed by atoms with Crippen LogP contribution in [-0.4, -0.2) is 42.1 Å². The highest BCUT2D eigenvalue weighted by Gasteiger charge is 2.25. The third-order valence-electron chi connectivity index (χ3n) is 6.18. The summed E-state index contributed by atoms with van der Waals surface area (Å²) in [4.78, 5) is 49.1. The maximum absolute atomic E-state index is 12.6. The molecule has 0 amide bonds. The van der Waals surface area contributed by atoms with Crippen molar-refractivity contribution in [2.45, 2.75) is 118 Å². The van der Waals surface area contributed by atoms with Crippen LogP contribution in [0.3, 0.4) is 0 Å². The van der Waals surface area contributed by atoms with Crippen LogP contribution in [0.5, 0.6) is 11.5 Å². The average molecular weight is 536 g/mol. The molecule has 0 saturated carbocycles. The maximum atomic E-state index is 12.6. The SMILES string of the molecule is CCCCC(=O)Oc1ccc(C[C@H](N)C(=O)O[C@@H](C)[C@H](C)OC(=O)CC(C)CC)cc1OC(=O)CCCC. The van der Waals surface area contributed by atoms with Gasteiger partial charge in [-0.25, -0.2) is 0 Å². The summed E-state index contributed by atoms with van der Waals surface area (Å²) in [5.74, 6) is -1.40. The molecular formula is C29H45NO8. The summed E-state index contributed by atoms with van der Waals surface area (Å²) >= 11 is 0. The topological polar surface area (TPSA) is 131 Å². The van der Waals surface area contributed by atoms with Gasteiger partial charge >= 0.3 is 23.9 Å². The Balaban J connectivity index is 2.86. The molecule has 0 bridgehead atoms. The van der Waals surface area contributed by atoms with Crippen molar-refractivity contribution in [2.24, 2.45) is 11.7 Å². The maximum Gasteiger partial charge on any atom is 0.323 e. The van der Waals surface area contributed by atoms with Crippen LogP contribution >= 0.6 is 0 Å². The van der Waals surface area contributed by atoms with Crippen LogP contribution in [-0.2, 0) is 35.1 Å². The molecule has 1 aromatic carbocycles. The summed E-state index contributed by atoms with van der Waals surface area (Å²) in [6.45, 7) is 11.2. The molecule has 0 aromatic heterocycles. The van der Waals surface area contributed by atoms with Crippen LogP contribution in [0.15, 0.2) is 18.2 Å². The Labute approximate surface area is 226 Å². The minimum Gasteiger partial charge on any atom is -0.459 e. The monoisotopic (exact) mass is 535 g/mol. The Morgan fingerprint density at radius 1 is 0.789 bits per heavy atom. The van der Waals surface area contributed by atoms with Crippen LogP contribution in [0.4, 0.5) is 0 Å². The van der Waals surface area contributed by atoms with E-state index in [9.17, 15) is 19.2 Å². The van der Waals surface area contributed by atoms with Gasteiger partial charge in [-0.15, -0.1) is 0 Å². The quantitative estimate of drug-likeness (QED) is 0.215. The predicted molar refractivity (Wildman–Crippen MR) is 144 cm³/mol. The van der Waals surface area contributed by atoms with Gasteiger partial charge in [0.2, 0.25) is 0 Å². The van der Waals surface area contributed by atoms with Crippen molar-refractivity contribution in [3.05, 3.63) is 23.8 Å². The molecule has 1 rings (SSSR count). The zero-order valence-electron chi connectivity index (χ0n) is 23.7. The zero-order valence-corrected chi connectivity index (χ0v) is 23.7. The number of carbonyl (C=O) groups is 4. The second kappa shape index (κ2) is 17.5. The number of unbranched alkanes of at least 4 members (excludes halogenated alkanes) is 2. The summed E-state index contributed by atoms with van der Waals surface area (Å²) in [6.07, 6.45) is 3.47. The second-order valence-electron chi connectivity index (χ2n) is 9.80. The van der Waals surface area contributed by atoms with Crippen molar-refractivity contribution in [1.82, 2.24) is 0 Å². The van der Waals surface area contributed by atoms with E-state index in [0.717, 1.165) is 19.3 Å². The fourth-order valence-electron chi connectivity index (χ4n) is 3.32. The minimum atomic E-state index is -1.01. The molecule has 38 heavy (non-hydrogen) atoms. The third-order valence-corrected chi connectivity index (χ3v) is 6.18. The van der Waals surface area contributed by atoms with Gasteiger partial charge in [0.25, 0.3) is 0 Å². The molecule has 0 aliphatic heterocycles. The molecule has 9 heteroatoms. The van der Waals surface area contributed by atoms with Gasteiger partial charge in [-0.3, -0.25) is 19.2 Å². The van der Waals surface area contributed by atoms with Crippen LogP contribution in [0, 0.1) is 5.92 Å². The van der Waals surface area contributed by atoms with Crippen molar-refractivity contribution in [2.75, 3.05) is 0 Å². The molecule has 9 nitrogen and oxygen atoms in total. The van der Waals surface area contributed by atoms with Crippen molar-refractivity contribution in [1.29, 1.82) is 0 Å². The lowest BCUT2D eigenvalue weighted by molar-refractivity contribution is -0.166. The van der Waals surface area contributed by atoms with Gasteiger partial charge in [-0.05, 0) is 56.7 Å². The number of esters is 4. The molecule has 0 spiro atoms. The lowest BCUT2D eigenvalue weighted by Crippen LogP contribution is -2.39. The van der Waals surface area contributed by atoms with E-state index in [0.29, 0.717) is 24.8 Å². The highest BCUT2D eigenvalue weighted by molar-refractivity contribution is 5.77. The molecule has 0 aliphatic rings. The molecule has 0 saturated heterocycles. The number of hydrogen-bond acceptors (Lipinski definition) is 9. The first kappa shape index (κ1) is 33.1. The van der Waals surface area contributed by atoms with Gasteiger partial charge < -0.3 is 24.7 Å². The lowest BCUT2D eigenvalue weighted by atomic mass is 10.1. The number of nitrogens with two attached hydrogens (primary N) is 1. The van der Waals surface area contributed by atoms with Crippen molar-refractivity contribution in [3.8, 4) is 11.5 Å². The number of ether oxygens (including phenoxy) is 4. The fourth-order valence-corrected chi connectivity index (χ4v) is 3.32. The molecule has 1 aromatic rings. The van der Waals surface area contributed by atoms with Gasteiger partial charge in [0.05, 0.1) is 0 Å². The predicted octanol–water partition coefficient (Wildman–Crippen LogP) is 5.05. The third kappa shape index (κ3) is 12.5. The van der Waals surface area contributed by atoms with E-state index < -0.39 is 36.2 Å². The summed E-state index contributed by atoms with van der Waals surface area (Å²) in [6, 6.07) is 3.72. The highest BCUT2D eigenvalue weighted by atomic mass is 16.6. The van der Waals surface area contributed by atoms with Crippen molar-refractivity contribution in [3.63, 3.8) is 0 Å². The zero-order chi connectivity index (χ0) is 28.7. The van der Waals surface area contributed by atoms with E-state index in [1.54, 1.807) is 26.0 Å². The fraction of sp³-hybridized carbons (Fsp3) is 0.655. The normalized spacial score (nSPS) is 14.1. The minimum absolute atomic E-state index is 0.0946. The second-order valence-corrected chi connectivity index (χ2v) is 9.80. The van der Waals surface area contributed by atoms with Gasteiger partial charge in [0.15, 0.2) is 11.5 Å². The van der Waals surface area contributed by atoms with Gasteiger partial charge in [0.1, 0.15) is 18.2 Å². The van der Waals surface area contributed by atoms with E-state index >= 15 is 0 Å². The molecule has 214 valence electrons. The number of rotatable bonds is 17. The van der Waals surface area contributed by atoms with E-state index in [1.165, 1.54) is 6.07 Å². The molecule has 1 unspecified atom stereocenters. The molecular weight excluding hydrogens is 490 g/mol. The highest BCUT2D eigenvalue weighted by Crippen LogP contribution is 2.30. The first-order valence-corrected chi connectivity index (χ1v) is 13.7. The van der Waals surface area contributed by atoms with Crippen LogP contribution in [0.2, 0.25) is 0 Å². The number of carbonyl (C=O) groups excluding carboxylic acids is 4. The Kier molecular flexibility index (Phi) is 15.3. The van der Waals surface area contributed by atoms with Gasteiger partial charge in [-0.1, -0.05) is 53.0 Å². The van der Waals surface area contributed by atoms with Crippen molar-refractivity contribution >= 4 is 23.9 Å². The van der Waals surface area contributed by atoms with Crippen LogP contribution < -0.4 is 15.2 Å².